The molecule has 1 heterocycles. The van der Waals surface area contributed by atoms with Gasteiger partial charge in [-0.15, -0.1) is 6.58 Å². The minimum Gasteiger partial charge on any atom is -0.466 e. The van der Waals surface area contributed by atoms with Gasteiger partial charge < -0.3 is 9.64 Å². The highest BCUT2D eigenvalue weighted by Gasteiger charge is 2.21. The maximum absolute atomic E-state index is 11.8. The molecule has 0 N–H and O–H groups in total. The van der Waals surface area contributed by atoms with Gasteiger partial charge in [-0.1, -0.05) is 31.9 Å². The molecule has 3 nitrogen and oxygen atoms in total. The Morgan fingerprint density at radius 2 is 2.33 bits per heavy atom. The van der Waals surface area contributed by atoms with Crippen molar-refractivity contribution in [2.45, 2.75) is 39.0 Å². The van der Waals surface area contributed by atoms with E-state index in [4.69, 9.17) is 4.74 Å². The molecule has 0 aromatic carbocycles. The largest absolute Gasteiger partial charge is 0.466 e. The number of esters is 1. The molecule has 0 saturated heterocycles. The van der Waals surface area contributed by atoms with Crippen molar-refractivity contribution in [2.24, 2.45) is 0 Å². The Kier molecular flexibility index (Phi) is 6.26. The van der Waals surface area contributed by atoms with E-state index in [0.29, 0.717) is 6.42 Å². The van der Waals surface area contributed by atoms with Crippen molar-refractivity contribution in [3.8, 4) is 0 Å². The fourth-order valence-electron chi connectivity index (χ4n) is 2.15. The molecule has 0 spiro atoms. The Morgan fingerprint density at radius 3 is 2.94 bits per heavy atom. The van der Waals surface area contributed by atoms with Crippen LogP contribution >= 0.6 is 0 Å². The summed E-state index contributed by atoms with van der Waals surface area (Å²) in [5.74, 6) is -0.208. The van der Waals surface area contributed by atoms with E-state index in [1.807, 2.05) is 18.4 Å². The second-order valence-corrected chi connectivity index (χ2v) is 4.40. The summed E-state index contributed by atoms with van der Waals surface area (Å²) in [6.07, 6.45) is 11.0. The fraction of sp³-hybridized carbons (Fsp3) is 0.533. The second-order valence-electron chi connectivity index (χ2n) is 4.40. The van der Waals surface area contributed by atoms with Crippen molar-refractivity contribution in [3.63, 3.8) is 0 Å². The van der Waals surface area contributed by atoms with Crippen LogP contribution < -0.4 is 0 Å². The number of carbonyl (C=O) groups is 1. The quantitative estimate of drug-likeness (QED) is 0.393. The van der Waals surface area contributed by atoms with E-state index >= 15 is 0 Å². The molecule has 1 aliphatic heterocycles. The molecular weight excluding hydrogens is 226 g/mol. The Balaban J connectivity index is 2.87. The zero-order valence-corrected chi connectivity index (χ0v) is 11.4. The molecule has 0 saturated carbocycles. The van der Waals surface area contributed by atoms with Crippen LogP contribution in [0.15, 0.2) is 36.2 Å². The van der Waals surface area contributed by atoms with E-state index in [0.717, 1.165) is 30.7 Å². The van der Waals surface area contributed by atoms with Crippen LogP contribution in [0.25, 0.3) is 0 Å². The first kappa shape index (κ1) is 14.6. The van der Waals surface area contributed by atoms with Gasteiger partial charge in [0.25, 0.3) is 0 Å². The summed E-state index contributed by atoms with van der Waals surface area (Å²) in [5.41, 5.74) is 1.88. The van der Waals surface area contributed by atoms with Crippen LogP contribution in [0.4, 0.5) is 0 Å². The molecule has 0 amide bonds. The van der Waals surface area contributed by atoms with Crippen LogP contribution in [0, 0.1) is 0 Å². The third kappa shape index (κ3) is 3.76. The Hall–Kier alpha value is -1.51. The molecular formula is C15H23NO2. The van der Waals surface area contributed by atoms with Crippen LogP contribution in [0.1, 0.15) is 39.0 Å². The van der Waals surface area contributed by atoms with Gasteiger partial charge in [-0.3, -0.25) is 0 Å². The molecule has 0 bridgehead atoms. The summed E-state index contributed by atoms with van der Waals surface area (Å²) in [5, 5.41) is 0. The third-order valence-corrected chi connectivity index (χ3v) is 3.08. The van der Waals surface area contributed by atoms with Gasteiger partial charge in [-0.05, 0) is 12.8 Å². The monoisotopic (exact) mass is 249 g/mol. The molecule has 0 aromatic heterocycles. The summed E-state index contributed by atoms with van der Waals surface area (Å²) < 4.78 is 4.87. The smallest absolute Gasteiger partial charge is 0.335 e. The lowest BCUT2D eigenvalue weighted by Crippen LogP contribution is -2.24. The lowest BCUT2D eigenvalue weighted by atomic mass is 10.0. The number of hydrogen-bond donors (Lipinski definition) is 0. The van der Waals surface area contributed by atoms with E-state index in [9.17, 15) is 4.79 Å². The highest BCUT2D eigenvalue weighted by Crippen LogP contribution is 2.26. The van der Waals surface area contributed by atoms with Crippen LogP contribution in [-0.2, 0) is 9.53 Å². The minimum absolute atomic E-state index is 0.208. The summed E-state index contributed by atoms with van der Waals surface area (Å²) >= 11 is 0. The molecule has 100 valence electrons. The van der Waals surface area contributed by atoms with Crippen molar-refractivity contribution in [1.29, 1.82) is 0 Å². The van der Waals surface area contributed by atoms with Crippen LogP contribution in [0.5, 0.6) is 0 Å². The minimum atomic E-state index is -0.208. The van der Waals surface area contributed by atoms with Gasteiger partial charge in [0.05, 0.1) is 12.7 Å². The van der Waals surface area contributed by atoms with E-state index in [2.05, 4.69) is 18.4 Å². The highest BCUT2D eigenvalue weighted by molar-refractivity contribution is 5.89. The van der Waals surface area contributed by atoms with Gasteiger partial charge in [-0.25, -0.2) is 4.79 Å². The SMILES string of the molecule is C=CCN1C=CCC(C(=O)OC)=C1CCCCC. The lowest BCUT2D eigenvalue weighted by Gasteiger charge is -2.28. The lowest BCUT2D eigenvalue weighted by molar-refractivity contribution is -0.136. The molecule has 0 atom stereocenters. The van der Waals surface area contributed by atoms with Crippen LogP contribution in [0.2, 0.25) is 0 Å². The molecule has 1 rings (SSSR count). The first-order valence-corrected chi connectivity index (χ1v) is 6.59. The molecule has 0 unspecified atom stereocenters. The number of unbranched alkanes of at least 4 members (excludes halogenated alkanes) is 2. The Labute approximate surface area is 110 Å². The van der Waals surface area contributed by atoms with Crippen LogP contribution in [-0.4, -0.2) is 24.5 Å². The maximum Gasteiger partial charge on any atom is 0.335 e. The molecule has 0 radical (unpaired) electrons. The average molecular weight is 249 g/mol. The van der Waals surface area contributed by atoms with E-state index in [1.54, 1.807) is 0 Å². The van der Waals surface area contributed by atoms with Gasteiger partial charge >= 0.3 is 5.97 Å². The van der Waals surface area contributed by atoms with Crippen LogP contribution in [0.3, 0.4) is 0 Å². The summed E-state index contributed by atoms with van der Waals surface area (Å²) in [6.45, 7) is 6.67. The predicted octanol–water partition coefficient (Wildman–Crippen LogP) is 3.40. The van der Waals surface area contributed by atoms with E-state index in [1.165, 1.54) is 20.0 Å². The molecule has 18 heavy (non-hydrogen) atoms. The zero-order chi connectivity index (χ0) is 13.4. The van der Waals surface area contributed by atoms with Crippen molar-refractivity contribution in [2.75, 3.05) is 13.7 Å². The van der Waals surface area contributed by atoms with Crippen molar-refractivity contribution in [1.82, 2.24) is 4.90 Å². The van der Waals surface area contributed by atoms with Crippen molar-refractivity contribution in [3.05, 3.63) is 36.2 Å². The van der Waals surface area contributed by atoms with E-state index < -0.39 is 0 Å². The maximum atomic E-state index is 11.8. The molecule has 1 aliphatic rings. The second kappa shape index (κ2) is 7.75. The first-order valence-electron chi connectivity index (χ1n) is 6.59. The zero-order valence-electron chi connectivity index (χ0n) is 11.4. The van der Waals surface area contributed by atoms with Crippen molar-refractivity contribution < 1.29 is 9.53 Å². The molecule has 3 heteroatoms. The standard InChI is InChI=1S/C15H23NO2/c1-4-6-7-10-14-13(15(17)18-3)9-8-12-16(14)11-5-2/h5,8,12H,2,4,6-7,9-11H2,1,3H3. The predicted molar refractivity (Wildman–Crippen MR) is 73.8 cm³/mol. The number of hydrogen-bond acceptors (Lipinski definition) is 3. The summed E-state index contributed by atoms with van der Waals surface area (Å²) in [6, 6.07) is 0. The Bertz CT molecular complexity index is 356. The summed E-state index contributed by atoms with van der Waals surface area (Å²) in [4.78, 5) is 13.9. The van der Waals surface area contributed by atoms with Gasteiger partial charge in [0.15, 0.2) is 0 Å². The fourth-order valence-corrected chi connectivity index (χ4v) is 2.15. The molecule has 0 fully saturated rings. The number of rotatable bonds is 7. The number of methoxy groups -OCH3 is 1. The van der Waals surface area contributed by atoms with E-state index in [-0.39, 0.29) is 5.97 Å². The number of ether oxygens (including phenoxy) is 1. The molecule has 0 aliphatic carbocycles. The third-order valence-electron chi connectivity index (χ3n) is 3.08. The normalized spacial score (nSPS) is 14.9. The number of allylic oxidation sites excluding steroid dienone is 2. The van der Waals surface area contributed by atoms with Crippen molar-refractivity contribution >= 4 is 5.97 Å². The van der Waals surface area contributed by atoms with Gasteiger partial charge in [0, 0.05) is 24.9 Å². The highest BCUT2D eigenvalue weighted by atomic mass is 16.5. The number of carbonyl (C=O) groups excluding carboxylic acids is 1. The van der Waals surface area contributed by atoms with Gasteiger partial charge in [0.2, 0.25) is 0 Å². The summed E-state index contributed by atoms with van der Waals surface area (Å²) in [7, 11) is 1.44. The van der Waals surface area contributed by atoms with Gasteiger partial charge in [0.1, 0.15) is 0 Å². The molecule has 0 aromatic rings. The topological polar surface area (TPSA) is 29.5 Å². The first-order chi connectivity index (χ1) is 8.74. The average Bonchev–Trinajstić information content (AvgIpc) is 2.40. The Morgan fingerprint density at radius 1 is 1.56 bits per heavy atom. The van der Waals surface area contributed by atoms with Gasteiger partial charge in [-0.2, -0.15) is 0 Å². The number of nitrogens with zero attached hydrogens (tertiary/aromatic N) is 1.